The second kappa shape index (κ2) is 13.7. The van der Waals surface area contributed by atoms with Crippen molar-refractivity contribution < 1.29 is 39.3 Å². The quantitative estimate of drug-likeness (QED) is 0.0710. The summed E-state index contributed by atoms with van der Waals surface area (Å²) in [5, 5.41) is 32.8. The lowest BCUT2D eigenvalue weighted by atomic mass is 10.1. The molecule has 0 aromatic heterocycles. The molecule has 3 amide bonds. The third kappa shape index (κ3) is 11.4. The number of hydrogen-bond acceptors (Lipinski definition) is 8. The van der Waals surface area contributed by atoms with Crippen LogP contribution in [0.2, 0.25) is 0 Å². The van der Waals surface area contributed by atoms with E-state index in [1.807, 2.05) is 5.32 Å². The van der Waals surface area contributed by atoms with Gasteiger partial charge in [-0.2, -0.15) is 0 Å². The van der Waals surface area contributed by atoms with Gasteiger partial charge in [0.05, 0.1) is 25.6 Å². The van der Waals surface area contributed by atoms with E-state index in [1.54, 1.807) is 0 Å². The molecule has 0 rings (SSSR count). The Labute approximate surface area is 171 Å². The Kier molecular flexibility index (Phi) is 12.1. The highest BCUT2D eigenvalue weighted by atomic mass is 16.4. The number of amides is 3. The van der Waals surface area contributed by atoms with E-state index in [2.05, 4.69) is 15.6 Å². The summed E-state index contributed by atoms with van der Waals surface area (Å²) in [5.74, 6) is -5.80. The zero-order chi connectivity index (χ0) is 23.3. The predicted octanol–water partition coefficient (Wildman–Crippen LogP) is -5.00. The van der Waals surface area contributed by atoms with E-state index in [9.17, 15) is 24.0 Å². The third-order valence-corrected chi connectivity index (χ3v) is 3.56. The van der Waals surface area contributed by atoms with Crippen LogP contribution in [0.4, 0.5) is 0 Å². The highest BCUT2D eigenvalue weighted by molar-refractivity contribution is 5.94. The van der Waals surface area contributed by atoms with Crippen molar-refractivity contribution in [2.24, 2.45) is 22.2 Å². The van der Waals surface area contributed by atoms with Crippen molar-refractivity contribution in [3.63, 3.8) is 0 Å². The van der Waals surface area contributed by atoms with Gasteiger partial charge in [-0.1, -0.05) is 0 Å². The monoisotopic (exact) mass is 433 g/mol. The van der Waals surface area contributed by atoms with Gasteiger partial charge in [0.2, 0.25) is 17.7 Å². The maximum Gasteiger partial charge on any atom is 0.328 e. The van der Waals surface area contributed by atoms with Gasteiger partial charge in [0.25, 0.3) is 0 Å². The molecule has 0 bridgehead atoms. The highest BCUT2D eigenvalue weighted by Gasteiger charge is 2.28. The first-order valence-corrected chi connectivity index (χ1v) is 8.71. The molecule has 0 aromatic rings. The van der Waals surface area contributed by atoms with Gasteiger partial charge >= 0.3 is 11.9 Å². The molecule has 0 saturated carbocycles. The SMILES string of the molecule is NC(N)=NCCC[C@H](N)C(=O)NCC(=O)NC(CC(=O)O)C(=O)NC(CO)C(=O)O. The number of hydrogen-bond donors (Lipinski definition) is 9. The summed E-state index contributed by atoms with van der Waals surface area (Å²) < 4.78 is 0. The van der Waals surface area contributed by atoms with E-state index in [4.69, 9.17) is 32.5 Å². The van der Waals surface area contributed by atoms with Gasteiger partial charge in [0.15, 0.2) is 5.96 Å². The number of carbonyl (C=O) groups is 5. The molecule has 0 aliphatic carbocycles. The Bertz CT molecular complexity index is 665. The van der Waals surface area contributed by atoms with Gasteiger partial charge in [-0.3, -0.25) is 24.2 Å². The molecule has 12 N–H and O–H groups in total. The first-order valence-electron chi connectivity index (χ1n) is 8.71. The fourth-order valence-corrected chi connectivity index (χ4v) is 2.04. The van der Waals surface area contributed by atoms with Crippen LogP contribution in [0.3, 0.4) is 0 Å². The Balaban J connectivity index is 4.66. The fraction of sp³-hybridized carbons (Fsp3) is 0.600. The summed E-state index contributed by atoms with van der Waals surface area (Å²) in [4.78, 5) is 61.3. The smallest absolute Gasteiger partial charge is 0.328 e. The van der Waals surface area contributed by atoms with E-state index in [0.29, 0.717) is 6.42 Å². The molecule has 0 fully saturated rings. The normalized spacial score (nSPS) is 13.3. The van der Waals surface area contributed by atoms with Gasteiger partial charge in [0.1, 0.15) is 12.1 Å². The van der Waals surface area contributed by atoms with Crippen LogP contribution in [-0.4, -0.2) is 88.8 Å². The largest absolute Gasteiger partial charge is 0.481 e. The van der Waals surface area contributed by atoms with Gasteiger partial charge in [-0.25, -0.2) is 4.79 Å². The van der Waals surface area contributed by atoms with Crippen LogP contribution >= 0.6 is 0 Å². The van der Waals surface area contributed by atoms with Crippen LogP contribution in [0.1, 0.15) is 19.3 Å². The van der Waals surface area contributed by atoms with Gasteiger partial charge < -0.3 is 48.5 Å². The van der Waals surface area contributed by atoms with Crippen molar-refractivity contribution in [2.75, 3.05) is 19.7 Å². The van der Waals surface area contributed by atoms with Crippen molar-refractivity contribution in [3.05, 3.63) is 0 Å². The third-order valence-electron chi connectivity index (χ3n) is 3.56. The average Bonchev–Trinajstić information content (AvgIpc) is 2.65. The number of carboxylic acid groups (broad SMARTS) is 2. The summed E-state index contributed by atoms with van der Waals surface area (Å²) in [7, 11) is 0. The molecule has 0 aromatic carbocycles. The molecule has 15 heteroatoms. The molecule has 0 saturated heterocycles. The maximum absolute atomic E-state index is 12.0. The van der Waals surface area contributed by atoms with Crippen molar-refractivity contribution in [2.45, 2.75) is 37.4 Å². The number of guanidine groups is 1. The molecule has 0 aliphatic rings. The molecule has 0 aliphatic heterocycles. The minimum absolute atomic E-state index is 0.0988. The number of rotatable bonds is 14. The second-order valence-corrected chi connectivity index (χ2v) is 6.07. The van der Waals surface area contributed by atoms with Crippen LogP contribution < -0.4 is 33.2 Å². The Hall–Kier alpha value is -3.46. The number of nitrogens with one attached hydrogen (secondary N) is 3. The second-order valence-electron chi connectivity index (χ2n) is 6.07. The first-order chi connectivity index (χ1) is 14.0. The standard InChI is InChI=1S/C15H27N7O8/c16-7(2-1-3-19-15(17)18)12(27)20-5-10(24)21-8(4-11(25)26)13(28)22-9(6-23)14(29)30/h7-9,23H,1-6,16H2,(H,20,27)(H,21,24)(H,22,28)(H,25,26)(H,29,30)(H4,17,18,19)/t7-,8?,9?/m0/s1. The Morgan fingerprint density at radius 1 is 0.967 bits per heavy atom. The Morgan fingerprint density at radius 2 is 1.60 bits per heavy atom. The minimum atomic E-state index is -1.68. The number of aliphatic hydroxyl groups is 1. The predicted molar refractivity (Wildman–Crippen MR) is 102 cm³/mol. The van der Waals surface area contributed by atoms with Gasteiger partial charge in [0, 0.05) is 6.54 Å². The minimum Gasteiger partial charge on any atom is -0.481 e. The van der Waals surface area contributed by atoms with Crippen LogP contribution in [0.15, 0.2) is 4.99 Å². The van der Waals surface area contributed by atoms with Gasteiger partial charge in [-0.15, -0.1) is 0 Å². The van der Waals surface area contributed by atoms with Crippen molar-refractivity contribution in [1.82, 2.24) is 16.0 Å². The van der Waals surface area contributed by atoms with Crippen LogP contribution in [0.5, 0.6) is 0 Å². The highest BCUT2D eigenvalue weighted by Crippen LogP contribution is 1.97. The topological polar surface area (TPSA) is 273 Å². The number of nitrogens with two attached hydrogens (primary N) is 3. The maximum atomic E-state index is 12.0. The first kappa shape index (κ1) is 26.5. The summed E-state index contributed by atoms with van der Waals surface area (Å²) >= 11 is 0. The molecular formula is C15H27N7O8. The summed E-state index contributed by atoms with van der Waals surface area (Å²) in [6, 6.07) is -4.26. The van der Waals surface area contributed by atoms with E-state index in [0.717, 1.165) is 0 Å². The van der Waals surface area contributed by atoms with E-state index in [-0.39, 0.29) is 18.9 Å². The van der Waals surface area contributed by atoms with E-state index >= 15 is 0 Å². The number of aliphatic carboxylic acids is 2. The lowest BCUT2D eigenvalue weighted by Gasteiger charge is -2.19. The summed E-state index contributed by atoms with van der Waals surface area (Å²) in [6.45, 7) is -1.28. The molecule has 15 nitrogen and oxygen atoms in total. The van der Waals surface area contributed by atoms with Crippen LogP contribution in [-0.2, 0) is 24.0 Å². The molecule has 0 heterocycles. The fourth-order valence-electron chi connectivity index (χ4n) is 2.04. The number of aliphatic hydroxyl groups excluding tert-OH is 1. The van der Waals surface area contributed by atoms with Crippen molar-refractivity contribution in [3.8, 4) is 0 Å². The van der Waals surface area contributed by atoms with Gasteiger partial charge in [-0.05, 0) is 12.8 Å². The molecular weight excluding hydrogens is 406 g/mol. The van der Waals surface area contributed by atoms with Crippen molar-refractivity contribution >= 4 is 35.6 Å². The van der Waals surface area contributed by atoms with E-state index < -0.39 is 67.4 Å². The Morgan fingerprint density at radius 3 is 2.10 bits per heavy atom. The molecule has 0 spiro atoms. The molecule has 3 atom stereocenters. The molecule has 170 valence electrons. The molecule has 0 radical (unpaired) electrons. The lowest BCUT2D eigenvalue weighted by Crippen LogP contribution is -2.55. The molecule has 2 unspecified atom stereocenters. The van der Waals surface area contributed by atoms with E-state index in [1.165, 1.54) is 0 Å². The summed E-state index contributed by atoms with van der Waals surface area (Å²) in [5.41, 5.74) is 16.0. The van der Waals surface area contributed by atoms with Crippen LogP contribution in [0, 0.1) is 0 Å². The number of carboxylic acids is 2. The number of aliphatic imine (C=N–C) groups is 1. The van der Waals surface area contributed by atoms with Crippen LogP contribution in [0.25, 0.3) is 0 Å². The lowest BCUT2D eigenvalue weighted by molar-refractivity contribution is -0.144. The van der Waals surface area contributed by atoms with Crippen molar-refractivity contribution in [1.29, 1.82) is 0 Å². The zero-order valence-electron chi connectivity index (χ0n) is 16.0. The zero-order valence-corrected chi connectivity index (χ0v) is 16.0. The number of carbonyl (C=O) groups excluding carboxylic acids is 3. The number of nitrogens with zero attached hydrogens (tertiary/aromatic N) is 1. The average molecular weight is 433 g/mol. The molecule has 30 heavy (non-hydrogen) atoms. The summed E-state index contributed by atoms with van der Waals surface area (Å²) in [6.07, 6.45) is -0.214.